The second-order valence-electron chi connectivity index (χ2n) is 26.5. The van der Waals surface area contributed by atoms with E-state index in [9.17, 15) is 34.2 Å². The van der Waals surface area contributed by atoms with Crippen LogP contribution < -0.4 is 31.1 Å². The molecule has 1 saturated heterocycles. The van der Waals surface area contributed by atoms with Gasteiger partial charge in [0.15, 0.2) is 0 Å². The van der Waals surface area contributed by atoms with Crippen LogP contribution in [0.3, 0.4) is 0 Å². The number of aromatic nitrogens is 5. The Bertz CT molecular complexity index is 3490. The second kappa shape index (κ2) is 29.8. The molecule has 3 aliphatic carbocycles. The molecule has 2 fully saturated rings. The smallest absolute Gasteiger partial charge is 0.241 e. The van der Waals surface area contributed by atoms with Gasteiger partial charge in [-0.2, -0.15) is 0 Å². The zero-order valence-electron chi connectivity index (χ0n) is 52.9. The van der Waals surface area contributed by atoms with Crippen LogP contribution in [0.1, 0.15) is 79.2 Å². The van der Waals surface area contributed by atoms with Crippen LogP contribution in [-0.2, 0) is 61.5 Å². The third-order valence-corrected chi connectivity index (χ3v) is 21.7. The van der Waals surface area contributed by atoms with Crippen molar-refractivity contribution in [1.29, 1.82) is 0 Å². The molecule has 6 aliphatic heterocycles. The maximum absolute atomic E-state index is 13.0. The number of pyridine rings is 5. The Hall–Kier alpha value is -6.87. The molecule has 5 amide bonds. The van der Waals surface area contributed by atoms with Crippen LogP contribution in [0.2, 0.25) is 51.4 Å². The number of hydrogen-bond acceptors (Lipinski definition) is 15. The summed E-state index contributed by atoms with van der Waals surface area (Å²) >= 11 is 10.5. The fourth-order valence-corrected chi connectivity index (χ4v) is 14.5. The maximum atomic E-state index is 13.0. The van der Waals surface area contributed by atoms with Gasteiger partial charge in [-0.05, 0) is 107 Å². The highest BCUT2D eigenvalue weighted by atomic mass is 35.5. The van der Waals surface area contributed by atoms with Crippen molar-refractivity contribution in [1.82, 2.24) is 30.2 Å². The Balaban J connectivity index is 0.000000133. The van der Waals surface area contributed by atoms with E-state index in [0.717, 1.165) is 121 Å². The first kappa shape index (κ1) is 68.5. The van der Waals surface area contributed by atoms with Crippen LogP contribution in [0, 0.1) is 0 Å². The largest absolute Gasteiger partial charge is 0.390 e. The zero-order valence-corrected chi connectivity index (χ0v) is 56.4. The van der Waals surface area contributed by atoms with Gasteiger partial charge in [-0.1, -0.05) is 106 Å². The number of fused-ring (bicyclic) bond motifs is 9. The molecule has 484 valence electrons. The number of allylic oxidation sites excluding steroid dienone is 6. The minimum absolute atomic E-state index is 0.0803. The predicted octanol–water partition coefficient (Wildman–Crippen LogP) is 9.70. The lowest BCUT2D eigenvalue weighted by Crippen LogP contribution is -2.44. The number of ether oxygens (including phenoxy) is 2. The van der Waals surface area contributed by atoms with Gasteiger partial charge in [0.05, 0.1) is 40.3 Å². The first-order chi connectivity index (χ1) is 43.6. The Morgan fingerprint density at radius 3 is 1.44 bits per heavy atom. The number of aliphatic hydroxyl groups is 2. The van der Waals surface area contributed by atoms with Crippen LogP contribution >= 0.6 is 23.2 Å². The number of carbonyl (C=O) groups excluding carboxylic acids is 5. The molecular weight excluding hydrogens is 1230 g/mol. The lowest BCUT2D eigenvalue weighted by atomic mass is 9.75. The Morgan fingerprint density at radius 1 is 0.538 bits per heavy atom. The van der Waals surface area contributed by atoms with Gasteiger partial charge < -0.3 is 41.0 Å². The summed E-state index contributed by atoms with van der Waals surface area (Å²) < 4.78 is 11.4. The summed E-state index contributed by atoms with van der Waals surface area (Å²) in [5, 5.41) is 30.9. The highest BCUT2D eigenvalue weighted by molar-refractivity contribution is 6.76. The van der Waals surface area contributed by atoms with E-state index in [1.165, 1.54) is 0 Å². The number of nitrogens with one attached hydrogen (secondary N) is 4. The molecule has 1 saturated carbocycles. The fourth-order valence-electron chi connectivity index (χ4n) is 12.7. The molecule has 5 aromatic rings. The molecule has 9 aliphatic rings. The van der Waals surface area contributed by atoms with Crippen LogP contribution in [0.15, 0.2) is 128 Å². The van der Waals surface area contributed by atoms with E-state index in [1.807, 2.05) is 66.7 Å². The lowest BCUT2D eigenvalue weighted by molar-refractivity contribution is -0.124. The van der Waals surface area contributed by atoms with E-state index in [1.54, 1.807) is 46.9 Å². The fraction of sp³-hybridized carbons (Fsp3) is 0.463. The summed E-state index contributed by atoms with van der Waals surface area (Å²) in [5.41, 5.74) is 3.10. The molecule has 4 spiro atoms. The summed E-state index contributed by atoms with van der Waals surface area (Å²) in [5.74, 6) is 4.97. The number of amides is 5. The summed E-state index contributed by atoms with van der Waals surface area (Å²) in [6.07, 6.45) is 24.7. The zero-order chi connectivity index (χ0) is 65.0. The van der Waals surface area contributed by atoms with Crippen molar-refractivity contribution < 1.29 is 43.7 Å². The molecule has 91 heavy (non-hydrogen) atoms. The molecule has 0 bridgehead atoms. The normalized spacial score (nSPS) is 21.7. The average molecular weight is 1320 g/mol. The maximum Gasteiger partial charge on any atom is 0.241 e. The number of carbonyl (C=O) groups is 5. The number of piperidine rings is 1. The van der Waals surface area contributed by atoms with Crippen molar-refractivity contribution in [2.24, 2.45) is 0 Å². The van der Waals surface area contributed by atoms with Crippen LogP contribution in [0.25, 0.3) is 0 Å². The van der Waals surface area contributed by atoms with Crippen molar-refractivity contribution in [3.63, 3.8) is 0 Å². The number of alkyl halides is 2. The predicted molar refractivity (Wildman–Crippen MR) is 361 cm³/mol. The van der Waals surface area contributed by atoms with Crippen LogP contribution in [0.4, 0.5) is 29.1 Å². The van der Waals surface area contributed by atoms with Crippen molar-refractivity contribution in [3.8, 4) is 0 Å². The molecule has 0 aromatic carbocycles. The van der Waals surface area contributed by atoms with E-state index < -0.39 is 39.2 Å². The Morgan fingerprint density at radius 2 is 0.945 bits per heavy atom. The summed E-state index contributed by atoms with van der Waals surface area (Å²) in [6.45, 7) is 17.8. The molecule has 14 rings (SSSR count). The second-order valence-corrected chi connectivity index (χ2v) is 38.4. The summed E-state index contributed by atoms with van der Waals surface area (Å²) in [4.78, 5) is 85.2. The minimum Gasteiger partial charge on any atom is -0.390 e. The molecule has 0 radical (unpaired) electrons. The third kappa shape index (κ3) is 15.3. The first-order valence-electron chi connectivity index (χ1n) is 31.2. The Kier molecular flexibility index (Phi) is 22.4. The van der Waals surface area contributed by atoms with Gasteiger partial charge in [0.25, 0.3) is 0 Å². The summed E-state index contributed by atoms with van der Waals surface area (Å²) in [6, 6.07) is 21.4. The molecule has 2 atom stereocenters. The third-order valence-electron chi connectivity index (χ3n) is 17.9. The van der Waals surface area contributed by atoms with Crippen molar-refractivity contribution in [3.05, 3.63) is 156 Å². The van der Waals surface area contributed by atoms with Gasteiger partial charge in [0, 0.05) is 99.9 Å². The van der Waals surface area contributed by atoms with E-state index in [2.05, 4.69) is 110 Å². The van der Waals surface area contributed by atoms with Gasteiger partial charge in [-0.3, -0.25) is 33.8 Å². The van der Waals surface area contributed by atoms with Gasteiger partial charge in [0.2, 0.25) is 29.5 Å². The molecule has 6 N–H and O–H groups in total. The number of anilines is 5. The number of rotatable bonds is 12. The molecule has 2 unspecified atom stereocenters. The molecular formula is C67H85Cl2N11O9Si2. The SMILES string of the molecule is C[Si](C)(C)CCOCN1C(=O)C2(CC=CC2)c2cccnc21.C[Si](C)(C)CCOCN1C(=O)Cc2cccnc21.ClC/C=C\CCl.O=C1Nc2ncccc2C12CC(O)C(O)C2.O=C1Nc2ncccc2C12CC=CC2.O=C1Nc2ncccc2C12CCNCC2. The number of aliphatic hydroxyl groups excluding tert-OH is 2. The van der Waals surface area contributed by atoms with Gasteiger partial charge in [-0.25, -0.2) is 24.9 Å². The highest BCUT2D eigenvalue weighted by Gasteiger charge is 2.56. The van der Waals surface area contributed by atoms with Crippen molar-refractivity contribution in [2.75, 3.05) is 77.3 Å². The Labute approximate surface area is 545 Å². The molecule has 20 nitrogen and oxygen atoms in total. The van der Waals surface area contributed by atoms with Crippen molar-refractivity contribution >= 4 is 98.0 Å². The van der Waals surface area contributed by atoms with Crippen LogP contribution in [-0.4, -0.2) is 145 Å². The van der Waals surface area contributed by atoms with Gasteiger partial charge >= 0.3 is 0 Å². The number of hydrogen-bond donors (Lipinski definition) is 6. The monoisotopic (exact) mass is 1310 g/mol. The molecule has 24 heteroatoms. The van der Waals surface area contributed by atoms with E-state index >= 15 is 0 Å². The van der Waals surface area contributed by atoms with E-state index in [0.29, 0.717) is 44.1 Å². The van der Waals surface area contributed by atoms with E-state index in [4.69, 9.17) is 32.7 Å². The van der Waals surface area contributed by atoms with E-state index in [-0.39, 0.29) is 53.2 Å². The molecule has 5 aromatic heterocycles. The quantitative estimate of drug-likeness (QED) is 0.0294. The summed E-state index contributed by atoms with van der Waals surface area (Å²) in [7, 11) is -2.18. The van der Waals surface area contributed by atoms with Crippen molar-refractivity contribution in [2.45, 2.75) is 143 Å². The van der Waals surface area contributed by atoms with Gasteiger partial charge in [0.1, 0.15) is 42.6 Å². The first-order valence-corrected chi connectivity index (χ1v) is 39.7. The lowest BCUT2D eigenvalue weighted by Gasteiger charge is -2.31. The minimum atomic E-state index is -1.11. The highest BCUT2D eigenvalue weighted by Crippen LogP contribution is 2.50. The molecule has 11 heterocycles. The topological polar surface area (TPSA) is 263 Å². The van der Waals surface area contributed by atoms with Gasteiger partial charge in [-0.15, -0.1) is 23.2 Å². The van der Waals surface area contributed by atoms with Crippen LogP contribution in [0.5, 0.6) is 0 Å². The number of nitrogens with zero attached hydrogens (tertiary/aromatic N) is 7. The number of halogens is 2. The average Bonchev–Trinajstić information content (AvgIpc) is 1.69. The standard InChI is InChI=1S/C17H24N2O2Si.C13H20N2O2Si.C11H13N3O.C11H12N2O3.C11H10N2O.C4H6Cl2/c1-22(2,3)12-11-21-13-19-15-14(7-6-10-18-15)17(16(19)20)8-4-5-9-17;1-18(2,3)8-7-17-10-15-12(16)9-11-5-4-6-14-13(11)15;15-10-11(3-6-12-7-4-11)8-2-1-5-13-9(8)14-10;14-7-4-11(5-8(7)15)6-2-1-3-12-9(6)13-10(11)16;14-10-11(5-1-2-6-11)8-4-3-7-12-9(8)13-10;5-3-1-2-4-6/h4-7,10H,8-9,11-13H2,1-3H3;4-6H,7-10H2,1-3H3;1-2,5,12H,3-4,6-7H2,(H,13,14,15);1-3,7-8,14-15H,4-5H2,(H,12,13,16);1-4,7H,5-6H2,(H,12,13,14);1-2H,3-4H2/b;;;;;2-1-.